The largest absolute Gasteiger partial charge is 0.371 e. The van der Waals surface area contributed by atoms with E-state index in [1.54, 1.807) is 7.05 Å². The van der Waals surface area contributed by atoms with Gasteiger partial charge in [-0.2, -0.15) is 0 Å². The van der Waals surface area contributed by atoms with Crippen molar-refractivity contribution >= 4 is 28.8 Å². The molecule has 0 fully saturated rings. The molecule has 50 valence electrons. The Bertz CT molecular complexity index is 209. The Kier molecular flexibility index (Phi) is 1.93. The zero-order chi connectivity index (χ0) is 6.85. The van der Waals surface area contributed by atoms with Gasteiger partial charge < -0.3 is 5.32 Å². The monoisotopic (exact) mass is 162 g/mol. The van der Waals surface area contributed by atoms with Crippen LogP contribution in [0, 0.1) is 6.92 Å². The summed E-state index contributed by atoms with van der Waals surface area (Å²) in [5, 5.41) is 3.87. The van der Waals surface area contributed by atoms with Crippen LogP contribution in [0.2, 0.25) is 4.34 Å². The molecule has 0 spiro atoms. The molecule has 0 aliphatic rings. The topological polar surface area (TPSA) is 24.9 Å². The van der Waals surface area contributed by atoms with Crippen molar-refractivity contribution in [1.82, 2.24) is 4.98 Å². The molecule has 1 N–H and O–H groups in total. The molecular formula is C5H7ClN2S. The number of hydrogen-bond acceptors (Lipinski definition) is 3. The van der Waals surface area contributed by atoms with Crippen molar-refractivity contribution in [2.24, 2.45) is 0 Å². The van der Waals surface area contributed by atoms with Crippen LogP contribution >= 0.6 is 22.9 Å². The standard InChI is InChI=1S/C5H7ClN2S/c1-3-8-5(7-2)4(6)9-3/h7H,1-2H3. The zero-order valence-corrected chi connectivity index (χ0v) is 6.81. The lowest BCUT2D eigenvalue weighted by Gasteiger charge is -1.89. The molecule has 0 saturated carbocycles. The summed E-state index contributed by atoms with van der Waals surface area (Å²) in [7, 11) is 1.81. The van der Waals surface area contributed by atoms with Gasteiger partial charge in [-0.15, -0.1) is 11.3 Å². The van der Waals surface area contributed by atoms with Crippen LogP contribution in [0.3, 0.4) is 0 Å². The molecule has 0 aliphatic carbocycles. The first-order valence-corrected chi connectivity index (χ1v) is 3.74. The molecule has 0 saturated heterocycles. The molecule has 4 heteroatoms. The second-order valence-corrected chi connectivity index (χ2v) is 3.41. The molecule has 2 nitrogen and oxygen atoms in total. The molecule has 1 rings (SSSR count). The summed E-state index contributed by atoms with van der Waals surface area (Å²) in [5.41, 5.74) is 0. The van der Waals surface area contributed by atoms with Crippen LogP contribution in [-0.2, 0) is 0 Å². The third kappa shape index (κ3) is 1.34. The molecule has 1 heterocycles. The van der Waals surface area contributed by atoms with Crippen LogP contribution in [0.1, 0.15) is 5.01 Å². The van der Waals surface area contributed by atoms with Gasteiger partial charge in [0.15, 0.2) is 5.82 Å². The average molecular weight is 163 g/mol. The molecule has 0 aromatic carbocycles. The number of aromatic nitrogens is 1. The second kappa shape index (κ2) is 2.54. The lowest BCUT2D eigenvalue weighted by atomic mass is 10.7. The van der Waals surface area contributed by atoms with Gasteiger partial charge in [0.25, 0.3) is 0 Å². The summed E-state index contributed by atoms with van der Waals surface area (Å²) < 4.78 is 0.731. The summed E-state index contributed by atoms with van der Waals surface area (Å²) in [6.45, 7) is 1.93. The van der Waals surface area contributed by atoms with E-state index in [1.807, 2.05) is 6.92 Å². The maximum absolute atomic E-state index is 5.74. The van der Waals surface area contributed by atoms with Crippen LogP contribution in [0.5, 0.6) is 0 Å². The molecular weight excluding hydrogens is 156 g/mol. The summed E-state index contributed by atoms with van der Waals surface area (Å²) in [6.07, 6.45) is 0. The summed E-state index contributed by atoms with van der Waals surface area (Å²) in [6, 6.07) is 0. The highest BCUT2D eigenvalue weighted by Crippen LogP contribution is 2.26. The molecule has 0 bridgehead atoms. The Balaban J connectivity index is 3.01. The fourth-order valence-corrected chi connectivity index (χ4v) is 1.67. The normalized spacial score (nSPS) is 9.67. The maximum atomic E-state index is 5.74. The van der Waals surface area contributed by atoms with E-state index < -0.39 is 0 Å². The van der Waals surface area contributed by atoms with Gasteiger partial charge in [-0.05, 0) is 6.92 Å². The molecule has 0 atom stereocenters. The van der Waals surface area contributed by atoms with Crippen molar-refractivity contribution in [2.75, 3.05) is 12.4 Å². The van der Waals surface area contributed by atoms with Crippen molar-refractivity contribution in [3.8, 4) is 0 Å². The SMILES string of the molecule is CNc1nc(C)sc1Cl. The number of hydrogen-bond donors (Lipinski definition) is 1. The Labute approximate surface area is 62.9 Å². The molecule has 0 aliphatic heterocycles. The van der Waals surface area contributed by atoms with Gasteiger partial charge in [0, 0.05) is 7.05 Å². The van der Waals surface area contributed by atoms with Gasteiger partial charge in [-0.1, -0.05) is 11.6 Å². The lowest BCUT2D eigenvalue weighted by Crippen LogP contribution is -1.87. The Morgan fingerprint density at radius 1 is 1.67 bits per heavy atom. The number of nitrogens with one attached hydrogen (secondary N) is 1. The number of nitrogens with zero attached hydrogens (tertiary/aromatic N) is 1. The van der Waals surface area contributed by atoms with Crippen molar-refractivity contribution in [1.29, 1.82) is 0 Å². The van der Waals surface area contributed by atoms with Crippen molar-refractivity contribution in [2.45, 2.75) is 6.92 Å². The second-order valence-electron chi connectivity index (χ2n) is 1.61. The average Bonchev–Trinajstić information content (AvgIpc) is 2.10. The summed E-state index contributed by atoms with van der Waals surface area (Å²) >= 11 is 7.22. The predicted octanol–water partition coefficient (Wildman–Crippen LogP) is 2.15. The third-order valence-corrected chi connectivity index (χ3v) is 2.10. The number of thiazole rings is 1. The van der Waals surface area contributed by atoms with E-state index in [0.717, 1.165) is 15.2 Å². The number of anilines is 1. The minimum absolute atomic E-state index is 0.731. The van der Waals surface area contributed by atoms with Gasteiger partial charge in [0.1, 0.15) is 4.34 Å². The Morgan fingerprint density at radius 2 is 2.33 bits per heavy atom. The van der Waals surface area contributed by atoms with E-state index >= 15 is 0 Å². The smallest absolute Gasteiger partial charge is 0.156 e. The van der Waals surface area contributed by atoms with Crippen LogP contribution in [0.25, 0.3) is 0 Å². The van der Waals surface area contributed by atoms with Gasteiger partial charge in [0.2, 0.25) is 0 Å². The van der Waals surface area contributed by atoms with Gasteiger partial charge in [-0.3, -0.25) is 0 Å². The van der Waals surface area contributed by atoms with Crippen LogP contribution in [0.15, 0.2) is 0 Å². The first-order chi connectivity index (χ1) is 4.24. The minimum atomic E-state index is 0.731. The Hall–Kier alpha value is -0.280. The van der Waals surface area contributed by atoms with Gasteiger partial charge >= 0.3 is 0 Å². The van der Waals surface area contributed by atoms with Crippen molar-refractivity contribution < 1.29 is 0 Å². The molecule has 0 unspecified atom stereocenters. The van der Waals surface area contributed by atoms with Gasteiger partial charge in [0.05, 0.1) is 5.01 Å². The summed E-state index contributed by atoms with van der Waals surface area (Å²) in [4.78, 5) is 4.10. The van der Waals surface area contributed by atoms with E-state index in [9.17, 15) is 0 Å². The van der Waals surface area contributed by atoms with Crippen LogP contribution < -0.4 is 5.32 Å². The highest BCUT2D eigenvalue weighted by Gasteiger charge is 2.01. The van der Waals surface area contributed by atoms with Crippen LogP contribution in [0.4, 0.5) is 5.82 Å². The molecule has 1 aromatic rings. The first-order valence-electron chi connectivity index (χ1n) is 2.54. The van der Waals surface area contributed by atoms with Crippen LogP contribution in [-0.4, -0.2) is 12.0 Å². The predicted molar refractivity (Wildman–Crippen MR) is 41.4 cm³/mol. The van der Waals surface area contributed by atoms with Gasteiger partial charge in [-0.25, -0.2) is 4.98 Å². The van der Waals surface area contributed by atoms with E-state index in [1.165, 1.54) is 11.3 Å². The van der Waals surface area contributed by atoms with E-state index in [4.69, 9.17) is 11.6 Å². The number of rotatable bonds is 1. The lowest BCUT2D eigenvalue weighted by molar-refractivity contribution is 1.27. The number of halogens is 1. The third-order valence-electron chi connectivity index (χ3n) is 0.930. The fourth-order valence-electron chi connectivity index (χ4n) is 0.556. The minimum Gasteiger partial charge on any atom is -0.371 e. The van der Waals surface area contributed by atoms with E-state index in [0.29, 0.717) is 0 Å². The quantitative estimate of drug-likeness (QED) is 0.685. The first kappa shape index (κ1) is 6.83. The Morgan fingerprint density at radius 3 is 2.56 bits per heavy atom. The van der Waals surface area contributed by atoms with Crippen molar-refractivity contribution in [3.63, 3.8) is 0 Å². The maximum Gasteiger partial charge on any atom is 0.156 e. The van der Waals surface area contributed by atoms with Crippen molar-refractivity contribution in [3.05, 3.63) is 9.34 Å². The highest BCUT2D eigenvalue weighted by atomic mass is 35.5. The number of aryl methyl sites for hydroxylation is 1. The van der Waals surface area contributed by atoms with E-state index in [-0.39, 0.29) is 0 Å². The van der Waals surface area contributed by atoms with E-state index in [2.05, 4.69) is 10.3 Å². The molecule has 0 radical (unpaired) electrons. The molecule has 1 aromatic heterocycles. The highest BCUT2D eigenvalue weighted by molar-refractivity contribution is 7.16. The zero-order valence-electron chi connectivity index (χ0n) is 5.23. The fraction of sp³-hybridized carbons (Fsp3) is 0.400. The molecule has 9 heavy (non-hydrogen) atoms. The summed E-state index contributed by atoms with van der Waals surface area (Å²) in [5.74, 6) is 0.777. The molecule has 0 amide bonds.